The smallest absolute Gasteiger partial charge is 0.303 e. The Balaban J connectivity index is 2.09. The predicted octanol–water partition coefficient (Wildman–Crippen LogP) is 1.93. The number of aryl methyl sites for hydroxylation is 1. The van der Waals surface area contributed by atoms with Gasteiger partial charge in [0.05, 0.1) is 6.33 Å². The number of carbonyl (C=O) groups is 2. The molecule has 2 rings (SSSR count). The highest BCUT2D eigenvalue weighted by Gasteiger charge is 2.18. The molecule has 2 aromatic rings. The maximum atomic E-state index is 12.5. The number of carboxylic acid groups (broad SMARTS) is 1. The number of imidazole rings is 1. The molecule has 6 nitrogen and oxygen atoms in total. The molecule has 116 valence electrons. The molecular formula is C16H19N3O3. The molecule has 0 atom stereocenters. The Kier molecular flexibility index (Phi) is 5.30. The monoisotopic (exact) mass is 301 g/mol. The van der Waals surface area contributed by atoms with Gasteiger partial charge in [-0.2, -0.15) is 0 Å². The SMILES string of the molecule is Cn1cnc(C(=O)N(CCCC(=O)O)Cc2ccccc2)c1. The molecule has 0 radical (unpaired) electrons. The number of benzene rings is 1. The molecule has 0 unspecified atom stereocenters. The molecule has 0 spiro atoms. The summed E-state index contributed by atoms with van der Waals surface area (Å²) in [6, 6.07) is 9.62. The van der Waals surface area contributed by atoms with Crippen LogP contribution in [0, 0.1) is 0 Å². The van der Waals surface area contributed by atoms with Crippen LogP contribution in [0.3, 0.4) is 0 Å². The topological polar surface area (TPSA) is 75.4 Å². The van der Waals surface area contributed by atoms with Crippen LogP contribution in [0.1, 0.15) is 28.9 Å². The van der Waals surface area contributed by atoms with Gasteiger partial charge in [0.15, 0.2) is 0 Å². The summed E-state index contributed by atoms with van der Waals surface area (Å²) in [6.45, 7) is 0.826. The largest absolute Gasteiger partial charge is 0.481 e. The number of aromatic nitrogens is 2. The first-order chi connectivity index (χ1) is 10.6. The van der Waals surface area contributed by atoms with Crippen molar-refractivity contribution in [2.75, 3.05) is 6.54 Å². The van der Waals surface area contributed by atoms with E-state index in [0.29, 0.717) is 25.2 Å². The Morgan fingerprint density at radius 1 is 1.27 bits per heavy atom. The van der Waals surface area contributed by atoms with Crippen LogP contribution < -0.4 is 0 Å². The molecule has 0 aliphatic heterocycles. The molecule has 1 heterocycles. The van der Waals surface area contributed by atoms with Crippen LogP contribution in [0.25, 0.3) is 0 Å². The number of hydrogen-bond donors (Lipinski definition) is 1. The van der Waals surface area contributed by atoms with Crippen LogP contribution in [-0.4, -0.2) is 38.0 Å². The maximum Gasteiger partial charge on any atom is 0.303 e. The van der Waals surface area contributed by atoms with Gasteiger partial charge >= 0.3 is 5.97 Å². The quantitative estimate of drug-likeness (QED) is 0.848. The Hall–Kier alpha value is -2.63. The Labute approximate surface area is 129 Å². The van der Waals surface area contributed by atoms with E-state index in [1.807, 2.05) is 30.3 Å². The standard InChI is InChI=1S/C16H19N3O3/c1-18-11-14(17-12-18)16(22)19(9-5-8-15(20)21)10-13-6-3-2-4-7-13/h2-4,6-7,11-12H,5,8-10H2,1H3,(H,20,21). The van der Waals surface area contributed by atoms with Crippen LogP contribution in [0.2, 0.25) is 0 Å². The normalized spacial score (nSPS) is 10.4. The fraction of sp³-hybridized carbons (Fsp3) is 0.312. The van der Waals surface area contributed by atoms with E-state index in [9.17, 15) is 9.59 Å². The van der Waals surface area contributed by atoms with Crippen molar-refractivity contribution in [1.82, 2.24) is 14.5 Å². The summed E-state index contributed by atoms with van der Waals surface area (Å²) in [7, 11) is 1.80. The number of hydrogen-bond acceptors (Lipinski definition) is 3. The molecule has 0 saturated heterocycles. The lowest BCUT2D eigenvalue weighted by atomic mass is 10.2. The first kappa shape index (κ1) is 15.8. The van der Waals surface area contributed by atoms with Gasteiger partial charge in [0.1, 0.15) is 5.69 Å². The molecule has 22 heavy (non-hydrogen) atoms. The number of nitrogens with zero attached hydrogens (tertiary/aromatic N) is 3. The van der Waals surface area contributed by atoms with Crippen molar-refractivity contribution < 1.29 is 14.7 Å². The van der Waals surface area contributed by atoms with Gasteiger partial charge in [-0.25, -0.2) is 4.98 Å². The highest BCUT2D eigenvalue weighted by Crippen LogP contribution is 2.10. The molecule has 0 aliphatic carbocycles. The zero-order chi connectivity index (χ0) is 15.9. The number of aliphatic carboxylic acids is 1. The van der Waals surface area contributed by atoms with Crippen molar-refractivity contribution in [2.45, 2.75) is 19.4 Å². The van der Waals surface area contributed by atoms with Gasteiger partial charge in [0, 0.05) is 32.8 Å². The predicted molar refractivity (Wildman–Crippen MR) is 81.3 cm³/mol. The van der Waals surface area contributed by atoms with Crippen molar-refractivity contribution in [3.8, 4) is 0 Å². The third-order valence-corrected chi connectivity index (χ3v) is 3.25. The summed E-state index contributed by atoms with van der Waals surface area (Å²) in [5.41, 5.74) is 1.37. The molecular weight excluding hydrogens is 282 g/mol. The number of carboxylic acids is 1. The van der Waals surface area contributed by atoms with Crippen LogP contribution in [0.4, 0.5) is 0 Å². The summed E-state index contributed by atoms with van der Waals surface area (Å²) in [4.78, 5) is 28.9. The number of amides is 1. The van der Waals surface area contributed by atoms with Crippen LogP contribution >= 0.6 is 0 Å². The highest BCUT2D eigenvalue weighted by molar-refractivity contribution is 5.92. The second kappa shape index (κ2) is 7.40. The van der Waals surface area contributed by atoms with Gasteiger partial charge in [0.25, 0.3) is 5.91 Å². The van der Waals surface area contributed by atoms with Crippen LogP contribution in [0.5, 0.6) is 0 Å². The van der Waals surface area contributed by atoms with Gasteiger partial charge in [-0.1, -0.05) is 30.3 Å². The van der Waals surface area contributed by atoms with E-state index in [1.165, 1.54) is 0 Å². The van der Waals surface area contributed by atoms with E-state index in [0.717, 1.165) is 5.56 Å². The molecule has 1 aromatic heterocycles. The minimum absolute atomic E-state index is 0.0424. The lowest BCUT2D eigenvalue weighted by molar-refractivity contribution is -0.137. The zero-order valence-corrected chi connectivity index (χ0v) is 12.5. The Morgan fingerprint density at radius 3 is 2.59 bits per heavy atom. The minimum atomic E-state index is -0.857. The van der Waals surface area contributed by atoms with E-state index in [2.05, 4.69) is 4.98 Å². The zero-order valence-electron chi connectivity index (χ0n) is 12.5. The van der Waals surface area contributed by atoms with Crippen molar-refractivity contribution in [1.29, 1.82) is 0 Å². The summed E-state index contributed by atoms with van der Waals surface area (Å²) < 4.78 is 1.71. The third-order valence-electron chi connectivity index (χ3n) is 3.25. The van der Waals surface area contributed by atoms with Gasteiger partial charge in [0.2, 0.25) is 0 Å². The van der Waals surface area contributed by atoms with Crippen molar-refractivity contribution in [3.63, 3.8) is 0 Å². The fourth-order valence-corrected chi connectivity index (χ4v) is 2.16. The molecule has 1 N–H and O–H groups in total. The van der Waals surface area contributed by atoms with E-state index in [1.54, 1.807) is 29.0 Å². The first-order valence-corrected chi connectivity index (χ1v) is 7.09. The summed E-state index contributed by atoms with van der Waals surface area (Å²) in [5.74, 6) is -1.04. The van der Waals surface area contributed by atoms with Crippen LogP contribution in [0.15, 0.2) is 42.9 Å². The molecule has 0 saturated carbocycles. The number of rotatable bonds is 7. The van der Waals surface area contributed by atoms with E-state index in [-0.39, 0.29) is 12.3 Å². The second-order valence-electron chi connectivity index (χ2n) is 5.13. The Morgan fingerprint density at radius 2 is 2.00 bits per heavy atom. The lowest BCUT2D eigenvalue weighted by Crippen LogP contribution is -2.32. The molecule has 1 aromatic carbocycles. The second-order valence-corrected chi connectivity index (χ2v) is 5.13. The summed E-state index contributed by atoms with van der Waals surface area (Å²) >= 11 is 0. The molecule has 0 bridgehead atoms. The lowest BCUT2D eigenvalue weighted by Gasteiger charge is -2.21. The Bertz CT molecular complexity index is 637. The molecule has 0 aliphatic rings. The van der Waals surface area contributed by atoms with Crippen molar-refractivity contribution >= 4 is 11.9 Å². The van der Waals surface area contributed by atoms with E-state index < -0.39 is 5.97 Å². The van der Waals surface area contributed by atoms with E-state index >= 15 is 0 Å². The average Bonchev–Trinajstić information content (AvgIpc) is 2.93. The van der Waals surface area contributed by atoms with E-state index in [4.69, 9.17) is 5.11 Å². The average molecular weight is 301 g/mol. The number of carbonyl (C=O) groups excluding carboxylic acids is 1. The van der Waals surface area contributed by atoms with Crippen molar-refractivity contribution in [2.24, 2.45) is 7.05 Å². The molecule has 1 amide bonds. The summed E-state index contributed by atoms with van der Waals surface area (Å²) in [5, 5.41) is 8.76. The minimum Gasteiger partial charge on any atom is -0.481 e. The summed E-state index contributed by atoms with van der Waals surface area (Å²) in [6.07, 6.45) is 3.70. The highest BCUT2D eigenvalue weighted by atomic mass is 16.4. The van der Waals surface area contributed by atoms with Gasteiger partial charge in [-0.15, -0.1) is 0 Å². The molecule has 0 fully saturated rings. The fourth-order valence-electron chi connectivity index (χ4n) is 2.16. The first-order valence-electron chi connectivity index (χ1n) is 7.09. The van der Waals surface area contributed by atoms with Gasteiger partial charge in [-0.05, 0) is 12.0 Å². The van der Waals surface area contributed by atoms with Crippen molar-refractivity contribution in [3.05, 3.63) is 54.1 Å². The third kappa shape index (κ3) is 4.44. The van der Waals surface area contributed by atoms with Crippen LogP contribution in [-0.2, 0) is 18.4 Å². The maximum absolute atomic E-state index is 12.5. The van der Waals surface area contributed by atoms with Gasteiger partial charge < -0.3 is 14.6 Å². The molecule has 6 heteroatoms. The van der Waals surface area contributed by atoms with Gasteiger partial charge in [-0.3, -0.25) is 9.59 Å².